The van der Waals surface area contributed by atoms with Crippen LogP contribution < -0.4 is 22.8 Å². The van der Waals surface area contributed by atoms with Gasteiger partial charge in [0.05, 0.1) is 71.2 Å². The minimum Gasteiger partial charge on any atom is -0.455 e. The summed E-state index contributed by atoms with van der Waals surface area (Å²) in [5.74, 6) is 0. The lowest BCUT2D eigenvalue weighted by molar-refractivity contribution is -0.667. The molecular formula is C135H145N10O5+5. The second-order valence-corrected chi connectivity index (χ2v) is 43.4. The van der Waals surface area contributed by atoms with E-state index in [4.69, 9.17) is 84.0 Å². The number of nitrogens with zero attached hydrogens (tertiary/aromatic N) is 10. The van der Waals surface area contributed by atoms with Crippen LogP contribution in [0.4, 0.5) is 22.7 Å². The first kappa shape index (κ1) is 74.3. The summed E-state index contributed by atoms with van der Waals surface area (Å²) in [6, 6.07) is 41.3. The highest BCUT2D eigenvalue weighted by Gasteiger charge is 2.35. The van der Waals surface area contributed by atoms with E-state index in [1.807, 2.05) is 77.1 Å². The molecule has 10 aromatic carbocycles. The van der Waals surface area contributed by atoms with Gasteiger partial charge in [-0.15, -0.1) is 0 Å². The second kappa shape index (κ2) is 40.5. The maximum Gasteiger partial charge on any atom is 0.216 e. The molecule has 0 bridgehead atoms. The Kier molecular flexibility index (Phi) is 20.0. The summed E-state index contributed by atoms with van der Waals surface area (Å²) in [4.78, 5) is 14.1. The largest absolute Gasteiger partial charge is 0.455 e. The fourth-order valence-electron chi connectivity index (χ4n) is 19.6. The summed E-state index contributed by atoms with van der Waals surface area (Å²) in [5.41, 5.74) is 17.2. The van der Waals surface area contributed by atoms with Gasteiger partial charge in [0.15, 0.2) is 51.2 Å². The minimum atomic E-state index is -2.70. The molecule has 0 aliphatic heterocycles. The van der Waals surface area contributed by atoms with E-state index in [0.29, 0.717) is 117 Å². The molecule has 0 saturated carbocycles. The van der Waals surface area contributed by atoms with Crippen molar-refractivity contribution < 1.29 is 86.0 Å². The Labute approximate surface area is 928 Å². The maximum atomic E-state index is 9.57. The predicted molar refractivity (Wildman–Crippen MR) is 619 cm³/mol. The number of aryl methyl sites for hydroxylation is 12. The summed E-state index contributed by atoms with van der Waals surface area (Å²) in [5, 5.41) is 16.0. The normalized spacial score (nSPS) is 15.7. The van der Waals surface area contributed by atoms with Crippen LogP contribution in [0.2, 0.25) is 0 Å². The number of rotatable bonds is 9. The van der Waals surface area contributed by atoms with E-state index in [0.717, 1.165) is 88.1 Å². The molecule has 0 aliphatic rings. The molecule has 20 rings (SSSR count). The van der Waals surface area contributed by atoms with Crippen molar-refractivity contribution in [2.75, 3.05) is 0 Å². The first-order valence-corrected chi connectivity index (χ1v) is 49.5. The zero-order valence-corrected chi connectivity index (χ0v) is 91.2. The van der Waals surface area contributed by atoms with Crippen molar-refractivity contribution in [3.63, 3.8) is 0 Å². The van der Waals surface area contributed by atoms with Crippen molar-refractivity contribution in [1.82, 2.24) is 0 Å². The topological polar surface area (TPSA) is 126 Å². The third-order valence-corrected chi connectivity index (χ3v) is 27.7. The van der Waals surface area contributed by atoms with Crippen molar-refractivity contribution in [2.24, 2.45) is 56.9 Å². The van der Waals surface area contributed by atoms with E-state index in [-0.39, 0.29) is 136 Å². The number of hydrogen-bond donors (Lipinski definition) is 0. The number of fused-ring (bicyclic) bond motifs is 15. The van der Waals surface area contributed by atoms with E-state index >= 15 is 0 Å². The maximum absolute atomic E-state index is 9.57. The monoisotopic (exact) mass is 2020 g/mol. The van der Waals surface area contributed by atoms with Gasteiger partial charge in [-0.1, -0.05) is 156 Å². The number of nitriles is 1. The van der Waals surface area contributed by atoms with Crippen LogP contribution in [0.1, 0.15) is 264 Å². The molecule has 0 unspecified atom stereocenters. The van der Waals surface area contributed by atoms with Crippen molar-refractivity contribution in [2.45, 2.75) is 247 Å². The molecule has 0 N–H and O–H groups in total. The molecule has 760 valence electrons. The van der Waals surface area contributed by atoms with E-state index in [1.165, 1.54) is 23.4 Å². The Hall–Kier alpha value is -15.6. The number of furan rings is 5. The van der Waals surface area contributed by atoms with Crippen molar-refractivity contribution in [3.05, 3.63) is 343 Å². The van der Waals surface area contributed by atoms with Gasteiger partial charge >= 0.3 is 0 Å². The molecule has 0 fully saturated rings. The van der Waals surface area contributed by atoms with Crippen LogP contribution in [-0.4, -0.2) is 0 Å². The SMILES string of the molecule is Cc1cc(C)[n+](C)c(-c2c(C)ccc3c2oc2c(C)ccc(C#N)c23)c1.[2H]c1c(C([2H])([2H])C(C)(C)C)c(C([2H])([2H])[2H])c(C)[n+](C)c1-c1c(C)cc(C([2H])([2H])[2H])c2c1oc1ccc([N+]#[C-])cc12.[2H]c1c(C([2H])([2H])C(C)(C)C)c(C([2H])([2H])[2H])c(C)[n+](C)c1-c1c(C)ccc2c1oc1c(C)cc([N+]#[C-])cc12.[2H]c1c(C([2H])([2H])C(C)(C)C)c(C([2H])([2H])[2H])c(C)[n+](C)c1-c1c(C)ccc2c1oc1cc(C)c([N+]#[C-])cc12.[2H]c1c(C([2H])([2H])C(C)(C)C)c(C([2H])([2H])[2H])c(C)[n+](C)c1-c1c(C)ccc2c1oc1ccc([N+]#[C-])c(C([2H])([2H])[2H])c12. The van der Waals surface area contributed by atoms with Gasteiger partial charge in [-0.2, -0.15) is 28.1 Å². The molecule has 20 aromatic rings. The molecule has 10 aromatic heterocycles. The molecule has 0 saturated heterocycles. The van der Waals surface area contributed by atoms with E-state index in [2.05, 4.69) is 82.1 Å². The van der Waals surface area contributed by atoms with Gasteiger partial charge in [0.25, 0.3) is 0 Å². The molecule has 0 radical (unpaired) electrons. The van der Waals surface area contributed by atoms with Crippen LogP contribution in [-0.2, 0) is 60.7 Å². The first-order chi connectivity index (χ1) is 82.6. The number of benzene rings is 10. The van der Waals surface area contributed by atoms with Gasteiger partial charge in [-0.3, -0.25) is 0 Å². The second-order valence-electron chi connectivity index (χ2n) is 43.4. The highest BCUT2D eigenvalue weighted by atomic mass is 16.3. The van der Waals surface area contributed by atoms with Crippen molar-refractivity contribution in [1.29, 1.82) is 5.26 Å². The molecular weight excluding hydrogens is 1840 g/mol. The molecule has 0 amide bonds. The van der Waals surface area contributed by atoms with Gasteiger partial charge in [-0.25, -0.2) is 19.4 Å². The Morgan fingerprint density at radius 1 is 0.300 bits per heavy atom. The summed E-state index contributed by atoms with van der Waals surface area (Å²) >= 11 is 0. The van der Waals surface area contributed by atoms with Gasteiger partial charge in [0.1, 0.15) is 91.1 Å². The van der Waals surface area contributed by atoms with E-state index in [1.54, 1.807) is 226 Å². The Bertz CT molecular complexity index is 10800. The first-order valence-electron chi connectivity index (χ1n) is 64.5. The number of hydrogen-bond acceptors (Lipinski definition) is 6. The number of pyridine rings is 5. The zero-order chi connectivity index (χ0) is 135. The molecule has 0 spiro atoms. The van der Waals surface area contributed by atoms with Crippen LogP contribution in [0.15, 0.2) is 180 Å². The summed E-state index contributed by atoms with van der Waals surface area (Å²) < 4.78 is 298. The van der Waals surface area contributed by atoms with Gasteiger partial charge in [0.2, 0.25) is 28.5 Å². The quantitative estimate of drug-likeness (QED) is 0.105. The Morgan fingerprint density at radius 2 is 0.700 bits per heavy atom. The standard InChI is InChI=1S/4C28H31N2O.C23H21N2O/c1-16-12-17(2)26(27-25(16)22-14-21(29-8)10-11-24(22)31-27)23-13-20(15-28(5,6)7)18(3)19(4)30(23)9;1-16-10-11-22-23-14-21(29-8)12-17(2)26(23)31-27(22)25(16)24-13-20(15-28(5,6)7)18(3)19(4)30(24)9;1-16-10-11-21-22-14-23(29-8)17(2)12-25(22)31-27(21)26(16)24-13-20(15-28(5,6)7)18(3)19(4)30(24)9;1-16-10-11-21-26-18(3)22(29-8)12-13-24(26)31-27(21)25(16)23-14-20(15-28(5,6)7)17(2)19(4)30(23)9;1-13-10-16(4)25(5)19(11-13)20-14(2)7-9-18-21-17(12-24)8-6-15(3)22(21)26-23(18)20/h4*10-14H,15H2,1-7,9H3;6-11H,1-5H3/q5*+1/i1D3,3D3,13D,15D2;2*3D3,13D,15D2;2D3,3D3,14D,15D2;. The van der Waals surface area contributed by atoms with Crippen molar-refractivity contribution >= 4 is 132 Å². The smallest absolute Gasteiger partial charge is 0.216 e. The van der Waals surface area contributed by atoms with Crippen LogP contribution in [0.3, 0.4) is 0 Å². The van der Waals surface area contributed by atoms with Gasteiger partial charge in [0, 0.05) is 183 Å². The van der Waals surface area contributed by atoms with Gasteiger partial charge < -0.3 is 22.1 Å². The summed E-state index contributed by atoms with van der Waals surface area (Å²) in [6.07, 6.45) is -8.64. The molecule has 0 aliphatic carbocycles. The van der Waals surface area contributed by atoms with E-state index < -0.39 is 88.3 Å². The van der Waals surface area contributed by atoms with Gasteiger partial charge in [-0.05, 0) is 283 Å². The Morgan fingerprint density at radius 3 is 1.15 bits per heavy atom. The fraction of sp³-hybridized carbons (Fsp3) is 0.333. The Balaban J connectivity index is 0.000000156. The molecule has 15 heteroatoms. The average molecular weight is 2020 g/mol. The third kappa shape index (κ3) is 20.1. The lowest BCUT2D eigenvalue weighted by Crippen LogP contribution is -2.36. The van der Waals surface area contributed by atoms with Crippen molar-refractivity contribution in [3.8, 4) is 62.4 Å². The lowest BCUT2D eigenvalue weighted by atomic mass is 9.85. The minimum absolute atomic E-state index is 0.0115. The van der Waals surface area contributed by atoms with Crippen LogP contribution in [0, 0.1) is 197 Å². The molecule has 0 atom stereocenters. The summed E-state index contributed by atoms with van der Waals surface area (Å²) in [7, 11) is 8.72. The molecule has 150 heavy (non-hydrogen) atoms. The third-order valence-electron chi connectivity index (χ3n) is 27.7. The number of aromatic nitrogens is 5. The highest BCUT2D eigenvalue weighted by molar-refractivity contribution is 6.17. The molecule has 10 heterocycles. The van der Waals surface area contributed by atoms with Crippen LogP contribution in [0.25, 0.3) is 185 Å². The molecule has 15 nitrogen and oxygen atoms in total. The highest BCUT2D eigenvalue weighted by Crippen LogP contribution is 2.49. The van der Waals surface area contributed by atoms with E-state index in [9.17, 15) is 10.7 Å². The zero-order valence-electron chi connectivity index (χ0n) is 121. The van der Waals surface area contributed by atoms with Crippen LogP contribution in [0.5, 0.6) is 0 Å². The predicted octanol–water partition coefficient (Wildman–Crippen LogP) is 35.0. The fourth-order valence-corrected chi connectivity index (χ4v) is 19.6. The lowest BCUT2D eigenvalue weighted by Gasteiger charge is -2.21. The summed E-state index contributed by atoms with van der Waals surface area (Å²) in [6.45, 7) is 60.2. The van der Waals surface area contributed by atoms with Crippen LogP contribution >= 0.6 is 0 Å². The average Bonchev–Trinajstić information content (AvgIpc) is 1.51.